The van der Waals surface area contributed by atoms with E-state index in [1.54, 1.807) is 9.80 Å². The first kappa shape index (κ1) is 27.1. The maximum Gasteiger partial charge on any atom is 0.255 e. The highest BCUT2D eigenvalue weighted by molar-refractivity contribution is 5.95. The minimum atomic E-state index is -1.21. The summed E-state index contributed by atoms with van der Waals surface area (Å²) in [5.41, 5.74) is 1.25. The van der Waals surface area contributed by atoms with Crippen LogP contribution >= 0.6 is 0 Å². The molecule has 2 amide bonds. The number of piperazine rings is 1. The molecular weight excluding hydrogens is 509 g/mol. The quantitative estimate of drug-likeness (QED) is 0.551. The van der Waals surface area contributed by atoms with E-state index in [0.717, 1.165) is 24.1 Å². The lowest BCUT2D eigenvalue weighted by molar-refractivity contribution is -0.150. The van der Waals surface area contributed by atoms with Crippen molar-refractivity contribution in [3.63, 3.8) is 0 Å². The Hall–Kier alpha value is -3.13. The first-order valence-corrected chi connectivity index (χ1v) is 14.9. The lowest BCUT2D eigenvalue weighted by Crippen LogP contribution is -2.62. The van der Waals surface area contributed by atoms with E-state index in [0.29, 0.717) is 43.3 Å². The lowest BCUT2D eigenvalue weighted by atomic mass is 9.94. The average molecular weight is 550 g/mol. The molecule has 1 unspecified atom stereocenters. The zero-order chi connectivity index (χ0) is 28.0. The van der Waals surface area contributed by atoms with Crippen LogP contribution < -0.4 is 9.64 Å². The fourth-order valence-corrected chi connectivity index (χ4v) is 6.86. The summed E-state index contributed by atoms with van der Waals surface area (Å²) in [6, 6.07) is 12.4. The molecule has 1 saturated heterocycles. The van der Waals surface area contributed by atoms with Crippen LogP contribution in [-0.4, -0.2) is 63.5 Å². The molecule has 6 rings (SSSR count). The highest BCUT2D eigenvalue weighted by atomic mass is 19.1. The molecule has 0 radical (unpaired) electrons. The van der Waals surface area contributed by atoms with Crippen LogP contribution in [0.3, 0.4) is 0 Å². The molecule has 3 atom stereocenters. The van der Waals surface area contributed by atoms with Crippen molar-refractivity contribution in [2.24, 2.45) is 0 Å². The zero-order valence-electron chi connectivity index (χ0n) is 23.5. The number of nitrogens with zero attached hydrogens (tertiary/aromatic N) is 3. The Kier molecular flexibility index (Phi) is 7.23. The van der Waals surface area contributed by atoms with Crippen LogP contribution in [0.15, 0.2) is 42.5 Å². The van der Waals surface area contributed by atoms with E-state index in [1.807, 2.05) is 44.2 Å². The Morgan fingerprint density at radius 2 is 1.55 bits per heavy atom. The largest absolute Gasteiger partial charge is 0.464 e. The fraction of sp³-hybridized carbons (Fsp3) is 0.562. The van der Waals surface area contributed by atoms with Crippen molar-refractivity contribution in [3.8, 4) is 5.75 Å². The second-order valence-electron chi connectivity index (χ2n) is 12.3. The number of ether oxygens (including phenoxy) is 1. The van der Waals surface area contributed by atoms with Crippen molar-refractivity contribution in [2.75, 3.05) is 18.0 Å². The zero-order valence-corrected chi connectivity index (χ0v) is 23.5. The Labute approximate surface area is 235 Å². The van der Waals surface area contributed by atoms with Gasteiger partial charge in [-0.1, -0.05) is 44.2 Å². The van der Waals surface area contributed by atoms with Gasteiger partial charge in [0.05, 0.1) is 5.69 Å². The summed E-state index contributed by atoms with van der Waals surface area (Å²) >= 11 is 0. The highest BCUT2D eigenvalue weighted by Gasteiger charge is 2.52. The third-order valence-corrected chi connectivity index (χ3v) is 9.16. The van der Waals surface area contributed by atoms with Crippen LogP contribution in [0.25, 0.3) is 0 Å². The lowest BCUT2D eigenvalue weighted by Gasteiger charge is -2.45. The highest BCUT2D eigenvalue weighted by Crippen LogP contribution is 2.47. The summed E-state index contributed by atoms with van der Waals surface area (Å²) in [5, 5.41) is 10.3. The maximum absolute atomic E-state index is 14.1. The van der Waals surface area contributed by atoms with Gasteiger partial charge in [0.25, 0.3) is 11.8 Å². The Balaban J connectivity index is 1.19. The van der Waals surface area contributed by atoms with E-state index in [-0.39, 0.29) is 35.9 Å². The smallest absolute Gasteiger partial charge is 0.255 e. The van der Waals surface area contributed by atoms with Crippen molar-refractivity contribution in [1.82, 2.24) is 9.80 Å². The van der Waals surface area contributed by atoms with Gasteiger partial charge in [0.15, 0.2) is 6.23 Å². The van der Waals surface area contributed by atoms with Crippen LogP contribution in [0.2, 0.25) is 0 Å². The molecule has 2 aromatic carbocycles. The van der Waals surface area contributed by atoms with E-state index >= 15 is 0 Å². The number of anilines is 1. The number of halogens is 1. The minimum Gasteiger partial charge on any atom is -0.464 e. The standard InChI is InChI=1S/C32H40FN3O4/c1-21-19-34(20-22(2)35(21)31(38)32(39)16-17-32)29(37)23-10-12-24(13-11-23)30-36(26-8-6-4-3-5-7-9-26)27-15-14-25(33)18-28(27)40-30/h10-15,18,21-22,26,30,39H,3-9,16-17,19-20H2,1-2H3/t21-,22+,30?. The first-order valence-electron chi connectivity index (χ1n) is 14.9. The Bertz CT molecular complexity index is 1240. The number of aliphatic hydroxyl groups is 1. The number of carbonyl (C=O) groups excluding carboxylic acids is 2. The summed E-state index contributed by atoms with van der Waals surface area (Å²) < 4.78 is 20.5. The molecule has 2 aromatic rings. The minimum absolute atomic E-state index is 0.0722. The first-order chi connectivity index (χ1) is 19.2. The van der Waals surface area contributed by atoms with E-state index in [2.05, 4.69) is 4.90 Å². The normalized spacial score (nSPS) is 26.5. The summed E-state index contributed by atoms with van der Waals surface area (Å²) in [6.45, 7) is 4.72. The number of fused-ring (bicyclic) bond motifs is 1. The van der Waals surface area contributed by atoms with E-state index < -0.39 is 5.60 Å². The molecule has 8 heteroatoms. The van der Waals surface area contributed by atoms with Crippen molar-refractivity contribution in [2.45, 2.75) is 102 Å². The number of rotatable bonds is 4. The molecule has 2 aliphatic carbocycles. The molecule has 0 bridgehead atoms. The number of carbonyl (C=O) groups is 2. The van der Waals surface area contributed by atoms with Crippen molar-refractivity contribution < 1.29 is 23.8 Å². The van der Waals surface area contributed by atoms with Gasteiger partial charge >= 0.3 is 0 Å². The molecule has 2 saturated carbocycles. The number of hydrogen-bond acceptors (Lipinski definition) is 5. The predicted molar refractivity (Wildman–Crippen MR) is 151 cm³/mol. The van der Waals surface area contributed by atoms with Gasteiger partial charge in [-0.2, -0.15) is 0 Å². The van der Waals surface area contributed by atoms with Gasteiger partial charge < -0.3 is 24.5 Å². The fourth-order valence-electron chi connectivity index (χ4n) is 6.86. The van der Waals surface area contributed by atoms with Crippen LogP contribution in [0, 0.1) is 5.82 Å². The summed E-state index contributed by atoms with van der Waals surface area (Å²) in [5.74, 6) is -0.0275. The molecule has 0 spiro atoms. The van der Waals surface area contributed by atoms with Gasteiger partial charge in [-0.05, 0) is 63.8 Å². The second kappa shape index (κ2) is 10.7. The van der Waals surface area contributed by atoms with E-state index in [4.69, 9.17) is 4.74 Å². The molecule has 214 valence electrons. The van der Waals surface area contributed by atoms with Gasteiger partial charge in [0.1, 0.15) is 17.2 Å². The molecule has 40 heavy (non-hydrogen) atoms. The van der Waals surface area contributed by atoms with Gasteiger partial charge in [-0.25, -0.2) is 4.39 Å². The van der Waals surface area contributed by atoms with Crippen LogP contribution in [0.4, 0.5) is 10.1 Å². The van der Waals surface area contributed by atoms with Gasteiger partial charge in [0.2, 0.25) is 0 Å². The third-order valence-electron chi connectivity index (χ3n) is 9.16. The average Bonchev–Trinajstić information content (AvgIpc) is 3.57. The maximum atomic E-state index is 14.1. The molecule has 7 nitrogen and oxygen atoms in total. The number of benzene rings is 2. The van der Waals surface area contributed by atoms with Crippen LogP contribution in [0.1, 0.15) is 93.8 Å². The van der Waals surface area contributed by atoms with Crippen molar-refractivity contribution in [1.29, 1.82) is 0 Å². The molecular formula is C32H40FN3O4. The van der Waals surface area contributed by atoms with E-state index in [1.165, 1.54) is 44.2 Å². The monoisotopic (exact) mass is 549 g/mol. The van der Waals surface area contributed by atoms with Crippen LogP contribution in [0.5, 0.6) is 5.75 Å². The predicted octanol–water partition coefficient (Wildman–Crippen LogP) is 5.42. The second-order valence-corrected chi connectivity index (χ2v) is 12.3. The topological polar surface area (TPSA) is 73.3 Å². The Morgan fingerprint density at radius 3 is 2.17 bits per heavy atom. The van der Waals surface area contributed by atoms with Crippen LogP contribution in [-0.2, 0) is 4.79 Å². The molecule has 1 N–H and O–H groups in total. The number of amides is 2. The SMILES string of the molecule is C[C@@H]1CN(C(=O)c2ccc(C3Oc4cc(F)ccc4N3C3CCCCCCC3)cc2)C[C@H](C)N1C(=O)C1(O)CC1. The van der Waals surface area contributed by atoms with Crippen molar-refractivity contribution in [3.05, 3.63) is 59.4 Å². The summed E-state index contributed by atoms with van der Waals surface area (Å²) in [4.78, 5) is 32.2. The molecule has 4 aliphatic rings. The molecule has 2 aliphatic heterocycles. The summed E-state index contributed by atoms with van der Waals surface area (Å²) in [6.07, 6.45) is 8.93. The molecule has 2 heterocycles. The third kappa shape index (κ3) is 5.06. The van der Waals surface area contributed by atoms with Gasteiger partial charge in [-0.15, -0.1) is 0 Å². The van der Waals surface area contributed by atoms with Crippen molar-refractivity contribution >= 4 is 17.5 Å². The Morgan fingerprint density at radius 1 is 0.925 bits per heavy atom. The number of hydrogen-bond donors (Lipinski definition) is 1. The van der Waals surface area contributed by atoms with Gasteiger partial charge in [0, 0.05) is 48.4 Å². The molecule has 3 fully saturated rings. The molecule has 0 aromatic heterocycles. The van der Waals surface area contributed by atoms with Gasteiger partial charge in [-0.3, -0.25) is 9.59 Å². The summed E-state index contributed by atoms with van der Waals surface area (Å²) in [7, 11) is 0. The van der Waals surface area contributed by atoms with E-state index in [9.17, 15) is 19.1 Å².